The second kappa shape index (κ2) is 4.94. The molecule has 0 aromatic heterocycles. The van der Waals surface area contributed by atoms with Crippen molar-refractivity contribution >= 4 is 18.0 Å². The summed E-state index contributed by atoms with van der Waals surface area (Å²) in [5.74, 6) is -3.02. The zero-order chi connectivity index (χ0) is 9.56. The van der Waals surface area contributed by atoms with Gasteiger partial charge in [-0.3, -0.25) is 10.2 Å². The quantitative estimate of drug-likeness (QED) is 0.345. The minimum Gasteiger partial charge on any atom is -0.474 e. The zero-order valence-corrected chi connectivity index (χ0v) is 6.29. The Hall–Kier alpha value is -1.79. The molecule has 0 unspecified atom stereocenters. The minimum absolute atomic E-state index is 0.134. The summed E-state index contributed by atoms with van der Waals surface area (Å²) in [5, 5.41) is 8.02. The summed E-state index contributed by atoms with van der Waals surface area (Å²) in [6.45, 7) is 1.70. The van der Waals surface area contributed by atoms with Crippen LogP contribution in [0.1, 0.15) is 6.92 Å². The third kappa shape index (κ3) is 4.09. The Kier molecular flexibility index (Phi) is 4.20. The molecular weight excluding hydrogens is 168 g/mol. The van der Waals surface area contributed by atoms with Crippen LogP contribution >= 0.6 is 0 Å². The number of hydrazine groups is 1. The summed E-state index contributed by atoms with van der Waals surface area (Å²) in [7, 11) is 0. The molecule has 0 bridgehead atoms. The first kappa shape index (κ1) is 10.2. The van der Waals surface area contributed by atoms with E-state index >= 15 is 0 Å². The van der Waals surface area contributed by atoms with E-state index in [4.69, 9.17) is 5.11 Å². The van der Waals surface area contributed by atoms with Crippen molar-refractivity contribution in [1.82, 2.24) is 10.9 Å². The lowest BCUT2D eigenvalue weighted by Crippen LogP contribution is -2.45. The van der Waals surface area contributed by atoms with Crippen LogP contribution in [-0.2, 0) is 14.3 Å². The summed E-state index contributed by atoms with van der Waals surface area (Å²) in [5.41, 5.74) is 3.33. The van der Waals surface area contributed by atoms with E-state index in [9.17, 15) is 14.4 Å². The number of hydrogen-bond donors (Lipinski definition) is 3. The van der Waals surface area contributed by atoms with Crippen molar-refractivity contribution in [2.24, 2.45) is 0 Å². The second-order valence-electron chi connectivity index (χ2n) is 1.60. The highest BCUT2D eigenvalue weighted by atomic mass is 16.6. The van der Waals surface area contributed by atoms with Crippen LogP contribution in [0.15, 0.2) is 0 Å². The van der Waals surface area contributed by atoms with Crippen LogP contribution in [-0.4, -0.2) is 29.7 Å². The smallest absolute Gasteiger partial charge is 0.426 e. The molecule has 0 aliphatic rings. The minimum atomic E-state index is -1.69. The van der Waals surface area contributed by atoms with E-state index in [0.717, 1.165) is 0 Å². The average molecular weight is 176 g/mol. The van der Waals surface area contributed by atoms with E-state index in [0.29, 0.717) is 0 Å². The van der Waals surface area contributed by atoms with Crippen molar-refractivity contribution in [3.8, 4) is 0 Å². The molecule has 0 heterocycles. The van der Waals surface area contributed by atoms with Crippen molar-refractivity contribution in [1.29, 1.82) is 0 Å². The van der Waals surface area contributed by atoms with E-state index in [1.807, 2.05) is 0 Å². The first-order chi connectivity index (χ1) is 5.57. The van der Waals surface area contributed by atoms with Gasteiger partial charge in [-0.15, -0.1) is 0 Å². The highest BCUT2D eigenvalue weighted by Gasteiger charge is 2.11. The molecule has 0 aliphatic carbocycles. The largest absolute Gasteiger partial charge is 0.474 e. The molecular formula is C5H8N2O5. The number of hydrogen-bond acceptors (Lipinski definition) is 4. The lowest BCUT2D eigenvalue weighted by molar-refractivity contribution is -0.150. The van der Waals surface area contributed by atoms with Crippen LogP contribution in [0, 0.1) is 0 Å². The maximum Gasteiger partial charge on any atom is 0.426 e. The lowest BCUT2D eigenvalue weighted by Gasteiger charge is -2.03. The van der Waals surface area contributed by atoms with Crippen LogP contribution in [0.5, 0.6) is 0 Å². The van der Waals surface area contributed by atoms with Gasteiger partial charge in [-0.25, -0.2) is 15.0 Å². The SMILES string of the molecule is CCOC(=O)NNC(=O)C(=O)O. The standard InChI is InChI=1S/C5H8N2O5/c1-2-12-5(11)7-6-3(8)4(9)10/h2H2,1H3,(H,6,8)(H,7,11)(H,9,10). The second-order valence-corrected chi connectivity index (χ2v) is 1.60. The van der Waals surface area contributed by atoms with Crippen LogP contribution < -0.4 is 10.9 Å². The Morgan fingerprint density at radius 1 is 1.33 bits per heavy atom. The number of carboxylic acid groups (broad SMARTS) is 1. The number of carboxylic acids is 1. The van der Waals surface area contributed by atoms with Gasteiger partial charge in [0.2, 0.25) is 0 Å². The number of rotatable bonds is 1. The molecule has 0 radical (unpaired) electrons. The van der Waals surface area contributed by atoms with Gasteiger partial charge in [0.15, 0.2) is 0 Å². The molecule has 0 spiro atoms. The van der Waals surface area contributed by atoms with Gasteiger partial charge in [0.25, 0.3) is 0 Å². The predicted octanol–water partition coefficient (Wildman–Crippen LogP) is -1.15. The fourth-order valence-corrected chi connectivity index (χ4v) is 0.328. The van der Waals surface area contributed by atoms with Gasteiger partial charge in [-0.05, 0) is 6.92 Å². The molecule has 0 aromatic carbocycles. The Balaban J connectivity index is 3.61. The first-order valence-electron chi connectivity index (χ1n) is 3.04. The summed E-state index contributed by atoms with van der Waals surface area (Å²) in [6.07, 6.45) is -0.910. The zero-order valence-electron chi connectivity index (χ0n) is 6.29. The monoisotopic (exact) mass is 176 g/mol. The molecule has 0 atom stereocenters. The van der Waals surface area contributed by atoms with Crippen molar-refractivity contribution in [2.45, 2.75) is 6.92 Å². The fraction of sp³-hybridized carbons (Fsp3) is 0.400. The van der Waals surface area contributed by atoms with Crippen molar-refractivity contribution in [3.05, 3.63) is 0 Å². The van der Waals surface area contributed by atoms with Gasteiger partial charge in [0.05, 0.1) is 6.61 Å². The summed E-state index contributed by atoms with van der Waals surface area (Å²) in [4.78, 5) is 30.6. The van der Waals surface area contributed by atoms with Gasteiger partial charge in [0.1, 0.15) is 0 Å². The molecule has 7 heteroatoms. The topological polar surface area (TPSA) is 105 Å². The predicted molar refractivity (Wildman–Crippen MR) is 35.9 cm³/mol. The third-order valence-corrected chi connectivity index (χ3v) is 0.748. The molecule has 0 rings (SSSR count). The lowest BCUT2D eigenvalue weighted by atomic mass is 10.7. The first-order valence-corrected chi connectivity index (χ1v) is 3.04. The Labute approximate surface area is 67.7 Å². The van der Waals surface area contributed by atoms with Gasteiger partial charge in [-0.2, -0.15) is 0 Å². The Bertz CT molecular complexity index is 202. The Morgan fingerprint density at radius 2 is 1.92 bits per heavy atom. The maximum absolute atomic E-state index is 10.4. The van der Waals surface area contributed by atoms with E-state index in [1.54, 1.807) is 17.8 Å². The molecule has 0 aliphatic heterocycles. The van der Waals surface area contributed by atoms with E-state index in [2.05, 4.69) is 4.74 Å². The normalized spacial score (nSPS) is 8.42. The van der Waals surface area contributed by atoms with Crippen molar-refractivity contribution < 1.29 is 24.2 Å². The molecule has 68 valence electrons. The third-order valence-electron chi connectivity index (χ3n) is 0.748. The number of amides is 2. The highest BCUT2D eigenvalue weighted by molar-refractivity contribution is 6.31. The van der Waals surface area contributed by atoms with E-state index in [-0.39, 0.29) is 6.61 Å². The van der Waals surface area contributed by atoms with Crippen LogP contribution in [0.4, 0.5) is 4.79 Å². The number of carbonyl (C=O) groups excluding carboxylic acids is 2. The molecule has 0 fully saturated rings. The molecule has 0 saturated heterocycles. The van der Waals surface area contributed by atoms with E-state index in [1.165, 1.54) is 0 Å². The number of nitrogens with one attached hydrogen (secondary N) is 2. The maximum atomic E-state index is 10.4. The molecule has 12 heavy (non-hydrogen) atoms. The highest BCUT2D eigenvalue weighted by Crippen LogP contribution is 1.72. The summed E-state index contributed by atoms with van der Waals surface area (Å²) >= 11 is 0. The number of aliphatic carboxylic acids is 1. The van der Waals surface area contributed by atoms with E-state index < -0.39 is 18.0 Å². The molecule has 2 amide bonds. The van der Waals surface area contributed by atoms with Crippen LogP contribution in [0.25, 0.3) is 0 Å². The van der Waals surface area contributed by atoms with Crippen molar-refractivity contribution in [3.63, 3.8) is 0 Å². The van der Waals surface area contributed by atoms with Gasteiger partial charge in [-0.1, -0.05) is 0 Å². The fourth-order valence-electron chi connectivity index (χ4n) is 0.328. The number of ether oxygens (including phenoxy) is 1. The summed E-state index contributed by atoms with van der Waals surface area (Å²) in [6, 6.07) is 0. The van der Waals surface area contributed by atoms with Gasteiger partial charge < -0.3 is 9.84 Å². The van der Waals surface area contributed by atoms with Crippen LogP contribution in [0.2, 0.25) is 0 Å². The van der Waals surface area contributed by atoms with Gasteiger partial charge >= 0.3 is 18.0 Å². The number of carbonyl (C=O) groups is 3. The summed E-state index contributed by atoms with van der Waals surface area (Å²) < 4.78 is 4.31. The molecule has 0 aromatic rings. The van der Waals surface area contributed by atoms with Crippen LogP contribution in [0.3, 0.4) is 0 Å². The van der Waals surface area contributed by atoms with Crippen molar-refractivity contribution in [2.75, 3.05) is 6.61 Å². The average Bonchev–Trinajstić information content (AvgIpc) is 2.00. The van der Waals surface area contributed by atoms with Gasteiger partial charge in [0, 0.05) is 0 Å². The Morgan fingerprint density at radius 3 is 2.33 bits per heavy atom. The molecule has 3 N–H and O–H groups in total. The molecule has 7 nitrogen and oxygen atoms in total. The molecule has 0 saturated carbocycles.